The van der Waals surface area contributed by atoms with Crippen LogP contribution >= 0.6 is 11.8 Å². The first kappa shape index (κ1) is 15.3. The van der Waals surface area contributed by atoms with Crippen molar-refractivity contribution in [2.24, 2.45) is 5.92 Å². The normalized spacial score (nSPS) is 15.6. The summed E-state index contributed by atoms with van der Waals surface area (Å²) in [6.07, 6.45) is 0.326. The molecule has 0 amide bonds. The van der Waals surface area contributed by atoms with Gasteiger partial charge in [-0.05, 0) is 32.4 Å². The van der Waals surface area contributed by atoms with Crippen LogP contribution in [-0.2, 0) is 4.74 Å². The van der Waals surface area contributed by atoms with E-state index in [4.69, 9.17) is 4.74 Å². The molecule has 1 N–H and O–H groups in total. The van der Waals surface area contributed by atoms with Gasteiger partial charge in [-0.3, -0.25) is 0 Å². The Hall–Kier alpha value is 0.270. The Morgan fingerprint density at radius 2 is 1.80 bits per heavy atom. The van der Waals surface area contributed by atoms with E-state index in [1.807, 2.05) is 18.7 Å². The van der Waals surface area contributed by atoms with Crippen molar-refractivity contribution >= 4 is 11.8 Å². The Balaban J connectivity index is 3.36. The molecule has 0 aromatic carbocycles. The highest BCUT2D eigenvalue weighted by Gasteiger charge is 2.05. The second-order valence-electron chi connectivity index (χ2n) is 4.51. The van der Waals surface area contributed by atoms with Crippen LogP contribution in [0.1, 0.15) is 34.6 Å². The monoisotopic (exact) mass is 233 g/mol. The molecule has 0 aromatic heterocycles. The van der Waals surface area contributed by atoms with Crippen molar-refractivity contribution in [3.8, 4) is 0 Å². The maximum atomic E-state index is 5.47. The zero-order valence-electron chi connectivity index (χ0n) is 10.9. The van der Waals surface area contributed by atoms with Crippen molar-refractivity contribution in [3.63, 3.8) is 0 Å². The summed E-state index contributed by atoms with van der Waals surface area (Å²) in [7, 11) is 0. The molecule has 0 spiro atoms. The maximum absolute atomic E-state index is 5.47. The van der Waals surface area contributed by atoms with Crippen molar-refractivity contribution in [1.29, 1.82) is 0 Å². The average Bonchev–Trinajstić information content (AvgIpc) is 2.14. The first-order valence-electron chi connectivity index (χ1n) is 5.99. The summed E-state index contributed by atoms with van der Waals surface area (Å²) in [5.74, 6) is 3.24. The van der Waals surface area contributed by atoms with Crippen LogP contribution in [0.5, 0.6) is 0 Å². The fourth-order valence-corrected chi connectivity index (χ4v) is 2.33. The maximum Gasteiger partial charge on any atom is 0.0671 e. The van der Waals surface area contributed by atoms with Gasteiger partial charge in [0.15, 0.2) is 0 Å². The van der Waals surface area contributed by atoms with Crippen LogP contribution < -0.4 is 5.32 Å². The highest BCUT2D eigenvalue weighted by Crippen LogP contribution is 2.08. The van der Waals surface area contributed by atoms with E-state index >= 15 is 0 Å². The van der Waals surface area contributed by atoms with Crippen molar-refractivity contribution in [3.05, 3.63) is 0 Å². The van der Waals surface area contributed by atoms with Gasteiger partial charge >= 0.3 is 0 Å². The molecular formula is C12H27NOS. The molecule has 0 aliphatic heterocycles. The Bertz CT molecular complexity index is 142. The number of hydrogen-bond donors (Lipinski definition) is 1. The van der Waals surface area contributed by atoms with Crippen LogP contribution in [0, 0.1) is 5.92 Å². The third-order valence-corrected chi connectivity index (χ3v) is 3.66. The first-order valence-corrected chi connectivity index (χ1v) is 7.14. The molecule has 0 aliphatic rings. The largest absolute Gasteiger partial charge is 0.377 e. The van der Waals surface area contributed by atoms with Gasteiger partial charge in [-0.2, -0.15) is 11.8 Å². The molecule has 92 valence electrons. The minimum absolute atomic E-state index is 0.326. The second-order valence-corrected chi connectivity index (χ2v) is 5.58. The standard InChI is InChI=1S/C12H27NOS/c1-6-14-12(5)7-13-11(4)9-15-8-10(2)3/h10-13H,6-9H2,1-5H3. The van der Waals surface area contributed by atoms with Crippen molar-refractivity contribution in [1.82, 2.24) is 5.32 Å². The topological polar surface area (TPSA) is 21.3 Å². The summed E-state index contributed by atoms with van der Waals surface area (Å²) in [5.41, 5.74) is 0. The third kappa shape index (κ3) is 10.6. The summed E-state index contributed by atoms with van der Waals surface area (Å²) in [6, 6.07) is 0.580. The Labute approximate surface area is 99.5 Å². The lowest BCUT2D eigenvalue weighted by molar-refractivity contribution is 0.0748. The third-order valence-electron chi connectivity index (χ3n) is 2.02. The van der Waals surface area contributed by atoms with E-state index in [2.05, 4.69) is 33.0 Å². The van der Waals surface area contributed by atoms with Gasteiger partial charge in [-0.25, -0.2) is 0 Å². The predicted octanol–water partition coefficient (Wildman–Crippen LogP) is 2.78. The Morgan fingerprint density at radius 1 is 1.13 bits per heavy atom. The molecule has 0 aliphatic carbocycles. The summed E-state index contributed by atoms with van der Waals surface area (Å²) in [5, 5.41) is 3.50. The van der Waals surface area contributed by atoms with Crippen LogP contribution in [0.4, 0.5) is 0 Å². The quantitative estimate of drug-likeness (QED) is 0.662. The van der Waals surface area contributed by atoms with Crippen molar-refractivity contribution in [2.45, 2.75) is 46.8 Å². The molecule has 2 atom stereocenters. The van der Waals surface area contributed by atoms with E-state index in [9.17, 15) is 0 Å². The van der Waals surface area contributed by atoms with Crippen LogP contribution in [0.25, 0.3) is 0 Å². The number of ether oxygens (including phenoxy) is 1. The zero-order chi connectivity index (χ0) is 11.7. The molecule has 0 fully saturated rings. The van der Waals surface area contributed by atoms with Gasteiger partial charge in [-0.1, -0.05) is 13.8 Å². The smallest absolute Gasteiger partial charge is 0.0671 e. The first-order chi connectivity index (χ1) is 7.06. The molecule has 0 saturated carbocycles. The lowest BCUT2D eigenvalue weighted by Crippen LogP contribution is -2.35. The van der Waals surface area contributed by atoms with Crippen LogP contribution in [0.3, 0.4) is 0 Å². The fraction of sp³-hybridized carbons (Fsp3) is 1.00. The van der Waals surface area contributed by atoms with Gasteiger partial charge < -0.3 is 10.1 Å². The lowest BCUT2D eigenvalue weighted by Gasteiger charge is -2.17. The number of hydrogen-bond acceptors (Lipinski definition) is 3. The Kier molecular flexibility index (Phi) is 9.66. The molecule has 15 heavy (non-hydrogen) atoms. The van der Waals surface area contributed by atoms with Crippen molar-refractivity contribution in [2.75, 3.05) is 24.7 Å². The molecule has 2 unspecified atom stereocenters. The average molecular weight is 233 g/mol. The van der Waals surface area contributed by atoms with E-state index in [1.165, 1.54) is 11.5 Å². The van der Waals surface area contributed by atoms with E-state index < -0.39 is 0 Å². The Morgan fingerprint density at radius 3 is 2.33 bits per heavy atom. The molecule has 0 aromatic rings. The fourth-order valence-electron chi connectivity index (χ4n) is 1.25. The van der Waals surface area contributed by atoms with E-state index in [0.29, 0.717) is 12.1 Å². The highest BCUT2D eigenvalue weighted by molar-refractivity contribution is 7.99. The highest BCUT2D eigenvalue weighted by atomic mass is 32.2. The van der Waals surface area contributed by atoms with Gasteiger partial charge in [0.05, 0.1) is 6.10 Å². The molecule has 0 bridgehead atoms. The zero-order valence-corrected chi connectivity index (χ0v) is 11.7. The van der Waals surface area contributed by atoms with Gasteiger partial charge in [0.25, 0.3) is 0 Å². The van der Waals surface area contributed by atoms with Crippen LogP contribution in [0.2, 0.25) is 0 Å². The molecule has 3 heteroatoms. The summed E-state index contributed by atoms with van der Waals surface area (Å²) in [4.78, 5) is 0. The van der Waals surface area contributed by atoms with Gasteiger partial charge in [0, 0.05) is 24.9 Å². The number of nitrogens with one attached hydrogen (secondary N) is 1. The molecule has 0 rings (SSSR count). The van der Waals surface area contributed by atoms with E-state index in [1.54, 1.807) is 0 Å². The minimum atomic E-state index is 0.326. The van der Waals surface area contributed by atoms with Crippen molar-refractivity contribution < 1.29 is 4.74 Å². The van der Waals surface area contributed by atoms with Gasteiger partial charge in [0.2, 0.25) is 0 Å². The molecule has 0 radical (unpaired) electrons. The lowest BCUT2D eigenvalue weighted by atomic mass is 10.3. The van der Waals surface area contributed by atoms with Crippen LogP contribution in [0.15, 0.2) is 0 Å². The SMILES string of the molecule is CCOC(C)CNC(C)CSCC(C)C. The minimum Gasteiger partial charge on any atom is -0.377 e. The summed E-state index contributed by atoms with van der Waals surface area (Å²) < 4.78 is 5.47. The molecule has 2 nitrogen and oxygen atoms in total. The summed E-state index contributed by atoms with van der Waals surface area (Å²) in [6.45, 7) is 12.7. The molecule has 0 heterocycles. The number of rotatable bonds is 9. The van der Waals surface area contributed by atoms with Crippen LogP contribution in [-0.4, -0.2) is 36.8 Å². The number of thioether (sulfide) groups is 1. The second kappa shape index (κ2) is 9.49. The summed E-state index contributed by atoms with van der Waals surface area (Å²) >= 11 is 2.03. The van der Waals surface area contributed by atoms with Gasteiger partial charge in [-0.15, -0.1) is 0 Å². The van der Waals surface area contributed by atoms with Gasteiger partial charge in [0.1, 0.15) is 0 Å². The molecular weight excluding hydrogens is 206 g/mol. The van der Waals surface area contributed by atoms with E-state index in [-0.39, 0.29) is 0 Å². The van der Waals surface area contributed by atoms with E-state index in [0.717, 1.165) is 19.1 Å². The molecule has 0 saturated heterocycles. The predicted molar refractivity (Wildman–Crippen MR) is 70.7 cm³/mol.